The Kier molecular flexibility index (Phi) is 4.72. The number of nitrogens with zero attached hydrogens (tertiary/aromatic N) is 1. The number of halogens is 1. The lowest BCUT2D eigenvalue weighted by Crippen LogP contribution is -2.20. The monoisotopic (exact) mass is 401 g/mol. The fraction of sp³-hybridized carbons (Fsp3) is 0.407. The highest BCUT2D eigenvalue weighted by atomic mass is 19.1. The molecule has 0 aliphatic heterocycles. The minimum atomic E-state index is -0.159. The quantitative estimate of drug-likeness (QED) is 0.502. The van der Waals surface area contributed by atoms with Gasteiger partial charge in [0.2, 0.25) is 0 Å². The molecule has 0 radical (unpaired) electrons. The topological polar surface area (TPSA) is 30.0 Å². The van der Waals surface area contributed by atoms with E-state index < -0.39 is 0 Å². The van der Waals surface area contributed by atoms with E-state index in [-0.39, 0.29) is 17.2 Å². The number of ketones is 1. The van der Waals surface area contributed by atoms with Gasteiger partial charge in [0.25, 0.3) is 0 Å². The lowest BCUT2D eigenvalue weighted by atomic mass is 9.74. The maximum absolute atomic E-state index is 14.2. The van der Waals surface area contributed by atoms with E-state index in [0.717, 1.165) is 48.6 Å². The van der Waals surface area contributed by atoms with Crippen LogP contribution < -0.4 is 0 Å². The van der Waals surface area contributed by atoms with E-state index in [2.05, 4.69) is 42.2 Å². The molecule has 1 aromatic heterocycles. The molecule has 2 saturated carbocycles. The lowest BCUT2D eigenvalue weighted by molar-refractivity contribution is -0.120. The van der Waals surface area contributed by atoms with Crippen molar-refractivity contribution < 1.29 is 9.18 Å². The summed E-state index contributed by atoms with van der Waals surface area (Å²) in [4.78, 5) is 17.3. The van der Waals surface area contributed by atoms with E-state index >= 15 is 0 Å². The SMILES string of the molecule is Cc1ccc(CC(=O)C2CC23CCC(c2ccnc4cc(C)c(F)cc24)CC3)cc1. The summed E-state index contributed by atoms with van der Waals surface area (Å²) in [5, 5.41) is 0.948. The van der Waals surface area contributed by atoms with Crippen LogP contribution >= 0.6 is 0 Å². The molecule has 2 fully saturated rings. The molecular weight excluding hydrogens is 373 g/mol. The predicted octanol–water partition coefficient (Wildman–Crippen LogP) is 6.47. The van der Waals surface area contributed by atoms with Gasteiger partial charge in [0.15, 0.2) is 0 Å². The van der Waals surface area contributed by atoms with Crippen molar-refractivity contribution in [2.24, 2.45) is 11.3 Å². The normalized spacial score (nSPS) is 25.6. The molecule has 2 nitrogen and oxygen atoms in total. The van der Waals surface area contributed by atoms with Crippen molar-refractivity contribution >= 4 is 16.7 Å². The summed E-state index contributed by atoms with van der Waals surface area (Å²) in [5.74, 6) is 0.905. The largest absolute Gasteiger partial charge is 0.299 e. The van der Waals surface area contributed by atoms with Gasteiger partial charge < -0.3 is 0 Å². The third-order valence-electron chi connectivity index (χ3n) is 7.55. The molecule has 0 amide bonds. The molecule has 1 spiro atoms. The minimum absolute atomic E-state index is 0.159. The maximum atomic E-state index is 14.2. The van der Waals surface area contributed by atoms with Gasteiger partial charge >= 0.3 is 0 Å². The Bertz CT molecular complexity index is 1110. The van der Waals surface area contributed by atoms with Gasteiger partial charge in [-0.3, -0.25) is 9.78 Å². The number of aryl methyl sites for hydroxylation is 2. The van der Waals surface area contributed by atoms with Crippen molar-refractivity contribution in [2.45, 2.75) is 58.3 Å². The Labute approximate surface area is 177 Å². The number of pyridine rings is 1. The van der Waals surface area contributed by atoms with E-state index in [0.29, 0.717) is 23.7 Å². The Morgan fingerprint density at radius 3 is 2.57 bits per heavy atom. The van der Waals surface area contributed by atoms with E-state index in [1.165, 1.54) is 11.1 Å². The van der Waals surface area contributed by atoms with Crippen LogP contribution in [0.2, 0.25) is 0 Å². The third kappa shape index (κ3) is 3.45. The standard InChI is InChI=1S/C27H28FNO/c1-17-3-5-19(6-4-17)14-26(30)23-16-27(23)10-7-20(8-11-27)21-9-12-29-25-13-18(2)24(28)15-22(21)25/h3-6,9,12-13,15,20,23H,7-8,10-11,14,16H2,1-2H3. The number of Topliss-reactive ketones (excluding diaryl/α,β-unsaturated/α-hetero) is 1. The molecule has 30 heavy (non-hydrogen) atoms. The summed E-state index contributed by atoms with van der Waals surface area (Å²) in [7, 11) is 0. The lowest BCUT2D eigenvalue weighted by Gasteiger charge is -2.30. The Morgan fingerprint density at radius 1 is 1.10 bits per heavy atom. The summed E-state index contributed by atoms with van der Waals surface area (Å²) >= 11 is 0. The third-order valence-corrected chi connectivity index (χ3v) is 7.55. The van der Waals surface area contributed by atoms with Crippen molar-refractivity contribution in [2.75, 3.05) is 0 Å². The fourth-order valence-corrected chi connectivity index (χ4v) is 5.54. The number of fused-ring (bicyclic) bond motifs is 1. The molecule has 2 aliphatic carbocycles. The molecule has 5 rings (SSSR count). The van der Waals surface area contributed by atoms with Crippen LogP contribution in [-0.4, -0.2) is 10.8 Å². The van der Waals surface area contributed by atoms with Crippen molar-refractivity contribution in [3.8, 4) is 0 Å². The molecule has 2 aromatic carbocycles. The Hall–Kier alpha value is -2.55. The molecule has 0 saturated heterocycles. The van der Waals surface area contributed by atoms with E-state index in [4.69, 9.17) is 0 Å². The van der Waals surface area contributed by atoms with Crippen molar-refractivity contribution in [3.63, 3.8) is 0 Å². The molecule has 3 aromatic rings. The number of benzene rings is 2. The van der Waals surface area contributed by atoms with E-state index in [9.17, 15) is 9.18 Å². The average Bonchev–Trinajstić information content (AvgIpc) is 3.44. The second kappa shape index (κ2) is 7.30. The highest BCUT2D eigenvalue weighted by Crippen LogP contribution is 2.63. The summed E-state index contributed by atoms with van der Waals surface area (Å²) in [6, 6.07) is 13.9. The van der Waals surface area contributed by atoms with Gasteiger partial charge in [-0.05, 0) is 92.2 Å². The first-order valence-electron chi connectivity index (χ1n) is 11.1. The van der Waals surface area contributed by atoms with E-state index in [1.54, 1.807) is 13.0 Å². The van der Waals surface area contributed by atoms with Crippen LogP contribution in [0.5, 0.6) is 0 Å². The summed E-state index contributed by atoms with van der Waals surface area (Å²) in [6.45, 7) is 3.86. The second-order valence-corrected chi connectivity index (χ2v) is 9.54. The van der Waals surface area contributed by atoms with E-state index in [1.807, 2.05) is 12.3 Å². The highest BCUT2D eigenvalue weighted by Gasteiger charge is 2.57. The van der Waals surface area contributed by atoms with Crippen LogP contribution in [0.1, 0.15) is 60.3 Å². The van der Waals surface area contributed by atoms with Gasteiger partial charge in [-0.15, -0.1) is 0 Å². The number of hydrogen-bond acceptors (Lipinski definition) is 2. The molecule has 0 bridgehead atoms. The minimum Gasteiger partial charge on any atom is -0.299 e. The van der Waals surface area contributed by atoms with Crippen LogP contribution in [0.25, 0.3) is 10.9 Å². The van der Waals surface area contributed by atoms with Crippen LogP contribution in [0.4, 0.5) is 4.39 Å². The predicted molar refractivity (Wildman–Crippen MR) is 118 cm³/mol. The molecule has 0 N–H and O–H groups in total. The summed E-state index contributed by atoms with van der Waals surface area (Å²) in [6.07, 6.45) is 7.80. The zero-order valence-electron chi connectivity index (χ0n) is 17.7. The first-order valence-corrected chi connectivity index (χ1v) is 11.1. The zero-order chi connectivity index (χ0) is 20.9. The first kappa shape index (κ1) is 19.4. The van der Waals surface area contributed by atoms with Crippen LogP contribution in [0, 0.1) is 31.0 Å². The fourth-order valence-electron chi connectivity index (χ4n) is 5.54. The van der Waals surface area contributed by atoms with Gasteiger partial charge in [-0.25, -0.2) is 4.39 Å². The molecule has 3 heteroatoms. The van der Waals surface area contributed by atoms with Crippen LogP contribution in [0.3, 0.4) is 0 Å². The maximum Gasteiger partial charge on any atom is 0.140 e. The summed E-state index contributed by atoms with van der Waals surface area (Å²) < 4.78 is 14.2. The average molecular weight is 402 g/mol. The Morgan fingerprint density at radius 2 is 1.83 bits per heavy atom. The summed E-state index contributed by atoms with van der Waals surface area (Å²) in [5.41, 5.74) is 5.32. The van der Waals surface area contributed by atoms with Crippen LogP contribution in [0.15, 0.2) is 48.7 Å². The number of carbonyl (C=O) groups is 1. The molecule has 1 heterocycles. The van der Waals surface area contributed by atoms with Crippen molar-refractivity contribution in [1.29, 1.82) is 0 Å². The molecule has 1 atom stereocenters. The Balaban J connectivity index is 1.27. The smallest absolute Gasteiger partial charge is 0.140 e. The van der Waals surface area contributed by atoms with Gasteiger partial charge in [0, 0.05) is 23.9 Å². The van der Waals surface area contributed by atoms with Gasteiger partial charge in [-0.2, -0.15) is 0 Å². The molecule has 1 unspecified atom stereocenters. The van der Waals surface area contributed by atoms with Crippen molar-refractivity contribution in [1.82, 2.24) is 4.98 Å². The van der Waals surface area contributed by atoms with Gasteiger partial charge in [0.05, 0.1) is 5.52 Å². The first-order chi connectivity index (χ1) is 14.4. The molecule has 2 aliphatic rings. The van der Waals surface area contributed by atoms with Gasteiger partial charge in [0.1, 0.15) is 11.6 Å². The highest BCUT2D eigenvalue weighted by molar-refractivity contribution is 5.87. The van der Waals surface area contributed by atoms with Crippen LogP contribution in [-0.2, 0) is 11.2 Å². The second-order valence-electron chi connectivity index (χ2n) is 9.54. The van der Waals surface area contributed by atoms with Crippen molar-refractivity contribution in [3.05, 3.63) is 76.7 Å². The zero-order valence-corrected chi connectivity index (χ0v) is 17.7. The number of aromatic nitrogens is 1. The molecule has 154 valence electrons. The number of carbonyl (C=O) groups excluding carboxylic acids is 1. The van der Waals surface area contributed by atoms with Gasteiger partial charge in [-0.1, -0.05) is 29.8 Å². The molecular formula is C27H28FNO. The number of hydrogen-bond donors (Lipinski definition) is 0. The number of rotatable bonds is 4.